The summed E-state index contributed by atoms with van der Waals surface area (Å²) in [6.07, 6.45) is 1.70. The number of rotatable bonds is 5. The zero-order valence-corrected chi connectivity index (χ0v) is 15.6. The van der Waals surface area contributed by atoms with Gasteiger partial charge in [0.15, 0.2) is 0 Å². The van der Waals surface area contributed by atoms with E-state index in [1.165, 1.54) is 0 Å². The van der Waals surface area contributed by atoms with E-state index in [1.54, 1.807) is 19.4 Å². The lowest BCUT2D eigenvalue weighted by Crippen LogP contribution is -2.42. The van der Waals surface area contributed by atoms with E-state index in [1.807, 2.05) is 50.8 Å². The van der Waals surface area contributed by atoms with Crippen molar-refractivity contribution in [3.63, 3.8) is 0 Å². The first-order valence-corrected chi connectivity index (χ1v) is 8.60. The molecule has 7 nitrogen and oxygen atoms in total. The molecule has 0 radical (unpaired) electrons. The Balaban J connectivity index is 2.19. The van der Waals surface area contributed by atoms with Crippen LogP contribution in [0.4, 0.5) is 0 Å². The molecule has 2 heterocycles. The van der Waals surface area contributed by atoms with Crippen molar-refractivity contribution >= 4 is 17.1 Å². The Morgan fingerprint density at radius 3 is 2.54 bits per heavy atom. The lowest BCUT2D eigenvalue weighted by Gasteiger charge is -2.32. The number of nitrogens with zero attached hydrogens (tertiary/aromatic N) is 4. The number of aromatic nitrogens is 4. The van der Waals surface area contributed by atoms with Crippen molar-refractivity contribution < 1.29 is 9.53 Å². The van der Waals surface area contributed by atoms with Crippen LogP contribution in [-0.4, -0.2) is 50.4 Å². The zero-order valence-electron chi connectivity index (χ0n) is 15.6. The highest BCUT2D eigenvalue weighted by Gasteiger charge is 2.27. The van der Waals surface area contributed by atoms with E-state index in [-0.39, 0.29) is 18.0 Å². The van der Waals surface area contributed by atoms with Gasteiger partial charge in [-0.2, -0.15) is 10.3 Å². The molecule has 0 saturated heterocycles. The zero-order chi connectivity index (χ0) is 18.8. The van der Waals surface area contributed by atoms with Crippen LogP contribution in [0.25, 0.3) is 22.3 Å². The summed E-state index contributed by atoms with van der Waals surface area (Å²) >= 11 is 0. The summed E-state index contributed by atoms with van der Waals surface area (Å²) in [4.78, 5) is 19.6. The van der Waals surface area contributed by atoms with E-state index in [4.69, 9.17) is 4.74 Å². The molecule has 0 aliphatic heterocycles. The van der Waals surface area contributed by atoms with Gasteiger partial charge in [0.05, 0.1) is 12.7 Å². The van der Waals surface area contributed by atoms with Crippen LogP contribution in [0.15, 0.2) is 30.5 Å². The fourth-order valence-corrected chi connectivity index (χ4v) is 3.24. The summed E-state index contributed by atoms with van der Waals surface area (Å²) in [5.41, 5.74) is 3.27. The highest BCUT2D eigenvalue weighted by molar-refractivity contribution is 6.04. The topological polar surface area (TPSA) is 84.0 Å². The molecule has 136 valence electrons. The second kappa shape index (κ2) is 7.11. The number of methoxy groups -OCH3 is 1. The van der Waals surface area contributed by atoms with Gasteiger partial charge in [0.25, 0.3) is 5.91 Å². The fourth-order valence-electron chi connectivity index (χ4n) is 3.24. The summed E-state index contributed by atoms with van der Waals surface area (Å²) in [6.45, 7) is 8.04. The van der Waals surface area contributed by atoms with Crippen molar-refractivity contribution in [1.82, 2.24) is 25.3 Å². The molecule has 7 heteroatoms. The van der Waals surface area contributed by atoms with Crippen LogP contribution >= 0.6 is 0 Å². The molecule has 3 rings (SSSR count). The number of hydrogen-bond acceptors (Lipinski definition) is 5. The van der Waals surface area contributed by atoms with Gasteiger partial charge in [-0.05, 0) is 45.4 Å². The van der Waals surface area contributed by atoms with Crippen molar-refractivity contribution in [2.75, 3.05) is 7.11 Å². The van der Waals surface area contributed by atoms with Gasteiger partial charge in [-0.15, -0.1) is 5.10 Å². The van der Waals surface area contributed by atoms with Gasteiger partial charge in [-0.3, -0.25) is 4.79 Å². The summed E-state index contributed by atoms with van der Waals surface area (Å²) < 4.78 is 5.51. The smallest absolute Gasteiger partial charge is 0.258 e. The highest BCUT2D eigenvalue weighted by atomic mass is 16.5. The summed E-state index contributed by atoms with van der Waals surface area (Å²) in [6, 6.07) is 7.57. The van der Waals surface area contributed by atoms with E-state index < -0.39 is 0 Å². The van der Waals surface area contributed by atoms with Gasteiger partial charge < -0.3 is 9.64 Å². The van der Waals surface area contributed by atoms with E-state index in [2.05, 4.69) is 20.4 Å². The Bertz CT molecular complexity index is 925. The normalized spacial score (nSPS) is 11.3. The number of amides is 1. The number of aromatic amines is 1. The van der Waals surface area contributed by atoms with E-state index in [0.717, 1.165) is 11.1 Å². The molecule has 26 heavy (non-hydrogen) atoms. The fraction of sp³-hybridized carbons (Fsp3) is 0.368. The molecule has 0 bridgehead atoms. The van der Waals surface area contributed by atoms with E-state index >= 15 is 0 Å². The third kappa shape index (κ3) is 3.12. The molecule has 0 spiro atoms. The SMILES string of the molecule is COc1cccc(-c2cnc3n[nH]nc3c2)c1C(=O)N(C(C)C)C(C)C. The molecule has 2 aromatic heterocycles. The molecule has 3 aromatic rings. The highest BCUT2D eigenvalue weighted by Crippen LogP contribution is 2.33. The van der Waals surface area contributed by atoms with Crippen LogP contribution in [0.2, 0.25) is 0 Å². The number of carbonyl (C=O) groups is 1. The Hall–Kier alpha value is -2.96. The summed E-state index contributed by atoms with van der Waals surface area (Å²) in [5, 5.41) is 10.6. The van der Waals surface area contributed by atoms with Crippen LogP contribution in [0.1, 0.15) is 38.1 Å². The minimum atomic E-state index is -0.0669. The standard InChI is InChI=1S/C19H23N5O2/c1-11(2)24(12(3)4)19(25)17-14(7-6-8-16(17)26-5)13-9-15-18(20-10-13)22-23-21-15/h6-12H,1-5H3,(H,20,21,22,23). The largest absolute Gasteiger partial charge is 0.496 e. The Kier molecular flexibility index (Phi) is 4.88. The van der Waals surface area contributed by atoms with Gasteiger partial charge in [0.1, 0.15) is 11.3 Å². The number of pyridine rings is 1. The van der Waals surface area contributed by atoms with E-state index in [9.17, 15) is 4.79 Å². The number of ether oxygens (including phenoxy) is 1. The predicted molar refractivity (Wildman–Crippen MR) is 100 cm³/mol. The van der Waals surface area contributed by atoms with Crippen LogP contribution < -0.4 is 4.74 Å². The Labute approximate surface area is 152 Å². The van der Waals surface area contributed by atoms with Gasteiger partial charge in [0, 0.05) is 23.8 Å². The van der Waals surface area contributed by atoms with Crippen LogP contribution in [0.5, 0.6) is 5.75 Å². The monoisotopic (exact) mass is 353 g/mol. The van der Waals surface area contributed by atoms with Crippen LogP contribution in [-0.2, 0) is 0 Å². The van der Waals surface area contributed by atoms with E-state index in [0.29, 0.717) is 22.5 Å². The molecular weight excluding hydrogens is 330 g/mol. The second-order valence-electron chi connectivity index (χ2n) is 6.67. The molecule has 0 aliphatic carbocycles. The minimum Gasteiger partial charge on any atom is -0.496 e. The molecule has 0 unspecified atom stereocenters. The lowest BCUT2D eigenvalue weighted by atomic mass is 9.98. The number of fused-ring (bicyclic) bond motifs is 1. The Morgan fingerprint density at radius 1 is 1.15 bits per heavy atom. The third-order valence-electron chi connectivity index (χ3n) is 4.29. The van der Waals surface area contributed by atoms with Crippen LogP contribution in [0.3, 0.4) is 0 Å². The maximum absolute atomic E-state index is 13.4. The molecule has 0 aliphatic rings. The first-order chi connectivity index (χ1) is 12.4. The van der Waals surface area contributed by atoms with Crippen molar-refractivity contribution in [3.8, 4) is 16.9 Å². The third-order valence-corrected chi connectivity index (χ3v) is 4.29. The van der Waals surface area contributed by atoms with Crippen molar-refractivity contribution in [2.45, 2.75) is 39.8 Å². The average molecular weight is 353 g/mol. The first-order valence-electron chi connectivity index (χ1n) is 8.60. The van der Waals surface area contributed by atoms with Gasteiger partial charge in [-0.1, -0.05) is 12.1 Å². The number of benzene rings is 1. The quantitative estimate of drug-likeness (QED) is 0.761. The number of carbonyl (C=O) groups excluding carboxylic acids is 1. The molecule has 1 amide bonds. The first kappa shape index (κ1) is 17.8. The molecular formula is C19H23N5O2. The maximum Gasteiger partial charge on any atom is 0.258 e. The van der Waals surface area contributed by atoms with Crippen molar-refractivity contribution in [3.05, 3.63) is 36.0 Å². The van der Waals surface area contributed by atoms with Gasteiger partial charge in [-0.25, -0.2) is 4.98 Å². The van der Waals surface area contributed by atoms with Gasteiger partial charge in [0.2, 0.25) is 5.65 Å². The molecule has 1 aromatic carbocycles. The number of nitrogens with one attached hydrogen (secondary N) is 1. The summed E-state index contributed by atoms with van der Waals surface area (Å²) in [7, 11) is 1.57. The molecule has 0 atom stereocenters. The molecule has 1 N–H and O–H groups in total. The molecule has 0 fully saturated rings. The van der Waals surface area contributed by atoms with Crippen molar-refractivity contribution in [1.29, 1.82) is 0 Å². The second-order valence-corrected chi connectivity index (χ2v) is 6.67. The Morgan fingerprint density at radius 2 is 1.88 bits per heavy atom. The minimum absolute atomic E-state index is 0.0661. The molecule has 0 saturated carbocycles. The van der Waals surface area contributed by atoms with Crippen LogP contribution in [0, 0.1) is 0 Å². The number of hydrogen-bond donors (Lipinski definition) is 1. The number of H-pyrrole nitrogens is 1. The lowest BCUT2D eigenvalue weighted by molar-refractivity contribution is 0.0641. The maximum atomic E-state index is 13.4. The van der Waals surface area contributed by atoms with Crippen molar-refractivity contribution in [2.24, 2.45) is 0 Å². The predicted octanol–water partition coefficient (Wildman–Crippen LogP) is 3.29. The van der Waals surface area contributed by atoms with Gasteiger partial charge >= 0.3 is 0 Å². The summed E-state index contributed by atoms with van der Waals surface area (Å²) in [5.74, 6) is 0.474. The average Bonchev–Trinajstić information content (AvgIpc) is 3.07.